The van der Waals surface area contributed by atoms with Crippen molar-refractivity contribution in [3.63, 3.8) is 0 Å². The molecule has 6 heterocycles. The van der Waals surface area contributed by atoms with Crippen LogP contribution < -0.4 is 114 Å². The first-order valence-corrected chi connectivity index (χ1v) is 19.1. The minimum atomic E-state index is -1.96. The van der Waals surface area contributed by atoms with E-state index in [0.717, 1.165) is 23.8 Å². The van der Waals surface area contributed by atoms with Gasteiger partial charge in [-0.15, -0.1) is 10.9 Å². The third kappa shape index (κ3) is 7.86. The van der Waals surface area contributed by atoms with Crippen molar-refractivity contribution in [2.24, 2.45) is 22.7 Å². The van der Waals surface area contributed by atoms with Gasteiger partial charge in [0.25, 0.3) is 0 Å². The number of hydrogen-bond donors (Lipinski definition) is 0. The molecule has 6 saturated heterocycles. The fraction of sp³-hybridized carbons (Fsp3) is 0.692. The third-order valence-electron chi connectivity index (χ3n) is 12.5. The van der Waals surface area contributed by atoms with E-state index in [-0.39, 0.29) is 119 Å². The summed E-state index contributed by atoms with van der Waals surface area (Å²) in [5.74, 6) is 1.25. The largest absolute Gasteiger partial charge is 1.00 e. The minimum Gasteiger partial charge on any atom is -0.540 e. The zero-order valence-electron chi connectivity index (χ0n) is 32.0. The predicted molar refractivity (Wildman–Crippen MR) is 191 cm³/mol. The fourth-order valence-corrected chi connectivity index (χ4v) is 9.35. The predicted octanol–water partition coefficient (Wildman–Crippen LogP) is 1.63. The molecule has 10 heteroatoms. The molecule has 9 rings (SSSR count). The number of rotatable bonds is 14. The van der Waals surface area contributed by atoms with Crippen LogP contribution in [-0.2, 0) is 33.3 Å². The van der Waals surface area contributed by atoms with Gasteiger partial charge in [-0.1, -0.05) is 129 Å². The van der Waals surface area contributed by atoms with Crippen LogP contribution in [0.5, 0.6) is 0 Å². The molecule has 6 nitrogen and oxygen atoms in total. The fourth-order valence-electron chi connectivity index (χ4n) is 9.35. The van der Waals surface area contributed by atoms with Gasteiger partial charge in [-0.05, 0) is 46.9 Å². The van der Waals surface area contributed by atoms with Crippen molar-refractivity contribution in [2.75, 3.05) is 39.6 Å². The van der Waals surface area contributed by atoms with E-state index in [9.17, 15) is 0 Å². The van der Waals surface area contributed by atoms with Gasteiger partial charge >= 0.3 is 116 Å². The molecular formula is C39H58B2K2O6. The molecule has 0 amide bonds. The summed E-state index contributed by atoms with van der Waals surface area (Å²) in [4.78, 5) is 0. The Hall–Kier alpha value is 1.60. The number of hydrogen-bond acceptors (Lipinski definition) is 6. The summed E-state index contributed by atoms with van der Waals surface area (Å²) in [7, 11) is 0. The van der Waals surface area contributed by atoms with Gasteiger partial charge in [-0.25, -0.2) is 0 Å². The molecule has 49 heavy (non-hydrogen) atoms. The first-order chi connectivity index (χ1) is 22.6. The molecule has 6 aliphatic heterocycles. The van der Waals surface area contributed by atoms with Crippen molar-refractivity contribution in [1.29, 1.82) is 0 Å². The van der Waals surface area contributed by atoms with Crippen LogP contribution in [0.2, 0.25) is 0 Å². The van der Waals surface area contributed by atoms with Crippen LogP contribution in [0.3, 0.4) is 0 Å². The second-order valence-electron chi connectivity index (χ2n) is 16.7. The Balaban J connectivity index is 0.00000234. The first-order valence-electron chi connectivity index (χ1n) is 19.1. The Kier molecular flexibility index (Phi) is 14.3. The maximum absolute atomic E-state index is 6.48. The van der Waals surface area contributed by atoms with Gasteiger partial charge in [-0.2, -0.15) is 0 Å². The summed E-state index contributed by atoms with van der Waals surface area (Å²) in [5.41, 5.74) is 7.31. The van der Waals surface area contributed by atoms with Gasteiger partial charge in [0.1, 0.15) is 0 Å². The molecule has 6 fully saturated rings. The van der Waals surface area contributed by atoms with Crippen molar-refractivity contribution in [1.82, 2.24) is 0 Å². The van der Waals surface area contributed by atoms with E-state index >= 15 is 0 Å². The van der Waals surface area contributed by atoms with E-state index in [0.29, 0.717) is 51.5 Å². The number of fused-ring (bicyclic) bond motifs is 9. The topological polar surface area (TPSA) is 55.4 Å². The zero-order valence-corrected chi connectivity index (χ0v) is 38.3. The van der Waals surface area contributed by atoms with Gasteiger partial charge in [0.15, 0.2) is 0 Å². The summed E-state index contributed by atoms with van der Waals surface area (Å²) in [6.07, 6.45) is 12.1. The second kappa shape index (κ2) is 16.8. The Morgan fingerprint density at radius 2 is 0.918 bits per heavy atom. The Bertz CT molecular complexity index is 1300. The van der Waals surface area contributed by atoms with E-state index in [1.807, 2.05) is 0 Å². The van der Waals surface area contributed by atoms with Crippen molar-refractivity contribution in [2.45, 2.75) is 111 Å². The van der Waals surface area contributed by atoms with Crippen LogP contribution in [0, 0.1) is 22.7 Å². The van der Waals surface area contributed by atoms with Crippen molar-refractivity contribution in [3.8, 4) is 11.1 Å². The van der Waals surface area contributed by atoms with E-state index in [1.165, 1.54) is 73.6 Å². The Morgan fingerprint density at radius 1 is 0.571 bits per heavy atom. The molecular weight excluding hydrogens is 664 g/mol. The average Bonchev–Trinajstić information content (AvgIpc) is 3.37. The smallest absolute Gasteiger partial charge is 0.540 e. The molecule has 258 valence electrons. The minimum absolute atomic E-state index is 0. The van der Waals surface area contributed by atoms with E-state index in [4.69, 9.17) is 27.9 Å². The standard InChI is InChI=1S/C39H58B2O6.2K/c1-7-11-13-29(9-3)21-39(22-30(10-4)14-12-8-2)35-19-31(40-42-23-37(5,24-43-40)25-44-40)15-17-33(35)34-18-16-32(20-36(34)39)41-45-26-38(6,27-46-41)28-47-41;;/h15-20,29-30H,7-14,21-28H2,1-6H3;;/q-2;2*+1. The van der Waals surface area contributed by atoms with Crippen LogP contribution in [0.15, 0.2) is 36.4 Å². The maximum atomic E-state index is 6.48. The molecule has 2 aromatic rings. The quantitative estimate of drug-likeness (QED) is 0.277. The molecule has 2 unspecified atom stereocenters. The van der Waals surface area contributed by atoms with Crippen LogP contribution in [0.4, 0.5) is 0 Å². The van der Waals surface area contributed by atoms with Gasteiger partial charge in [0.2, 0.25) is 0 Å². The van der Waals surface area contributed by atoms with E-state index in [2.05, 4.69) is 77.9 Å². The molecule has 2 atom stereocenters. The number of unbranched alkanes of at least 4 members (excludes halogenated alkanes) is 2. The van der Waals surface area contributed by atoms with Crippen molar-refractivity contribution in [3.05, 3.63) is 47.5 Å². The molecule has 0 N–H and O–H groups in total. The second-order valence-corrected chi connectivity index (χ2v) is 16.7. The van der Waals surface area contributed by atoms with Crippen LogP contribution in [0.25, 0.3) is 11.1 Å². The molecule has 0 saturated carbocycles. The SMILES string of the molecule is CCCCC(CC)CC1(CC(CC)CCCC)c2cc([B-]34OCC(C)(CO3)CO4)ccc2-c2ccc([B-]34OCC(C)(CO3)CO4)cc21.[K+].[K+]. The van der Waals surface area contributed by atoms with Gasteiger partial charge in [0.05, 0.1) is 0 Å². The molecule has 4 bridgehead atoms. The third-order valence-corrected chi connectivity index (χ3v) is 12.5. The Morgan fingerprint density at radius 3 is 1.22 bits per heavy atom. The summed E-state index contributed by atoms with van der Waals surface area (Å²) in [6.45, 7) is 13.9. The Labute approximate surface area is 381 Å². The molecule has 0 aromatic heterocycles. The van der Waals surface area contributed by atoms with Gasteiger partial charge < -0.3 is 27.9 Å². The van der Waals surface area contributed by atoms with Crippen LogP contribution in [0.1, 0.15) is 117 Å². The average molecular weight is 723 g/mol. The first kappa shape index (κ1) is 41.8. The summed E-state index contributed by atoms with van der Waals surface area (Å²) >= 11 is 0. The van der Waals surface area contributed by atoms with E-state index < -0.39 is 13.5 Å². The molecule has 2 aromatic carbocycles. The monoisotopic (exact) mass is 722 g/mol. The van der Waals surface area contributed by atoms with Crippen molar-refractivity contribution >= 4 is 24.4 Å². The molecule has 7 aliphatic rings. The maximum Gasteiger partial charge on any atom is 1.00 e. The summed E-state index contributed by atoms with van der Waals surface area (Å²) < 4.78 is 38.9. The normalized spacial score (nSPS) is 33.7. The van der Waals surface area contributed by atoms with Gasteiger partial charge in [-0.3, -0.25) is 0 Å². The van der Waals surface area contributed by atoms with Crippen molar-refractivity contribution < 1.29 is 131 Å². The molecule has 0 radical (unpaired) electrons. The van der Waals surface area contributed by atoms with Gasteiger partial charge in [0, 0.05) is 55.9 Å². The summed E-state index contributed by atoms with van der Waals surface area (Å²) in [6, 6.07) is 14.0. The van der Waals surface area contributed by atoms with Crippen LogP contribution in [-0.4, -0.2) is 53.2 Å². The number of benzene rings is 2. The zero-order chi connectivity index (χ0) is 32.9. The summed E-state index contributed by atoms with van der Waals surface area (Å²) in [5, 5.41) is 0. The molecule has 0 spiro atoms. The molecule has 1 aliphatic carbocycles. The van der Waals surface area contributed by atoms with Crippen LogP contribution >= 0.6 is 0 Å². The van der Waals surface area contributed by atoms with E-state index in [1.54, 1.807) is 0 Å².